The van der Waals surface area contributed by atoms with Gasteiger partial charge in [0.2, 0.25) is 5.91 Å². The van der Waals surface area contributed by atoms with Crippen LogP contribution in [0.2, 0.25) is 0 Å². The molecule has 0 aromatic carbocycles. The summed E-state index contributed by atoms with van der Waals surface area (Å²) in [6, 6.07) is 0. The van der Waals surface area contributed by atoms with Gasteiger partial charge < -0.3 is 10.4 Å². The Labute approximate surface area is 93.3 Å². The van der Waals surface area contributed by atoms with Crippen molar-refractivity contribution in [2.45, 2.75) is 66.0 Å². The molecule has 0 aromatic rings. The first-order valence-corrected chi connectivity index (χ1v) is 5.38. The van der Waals surface area contributed by atoms with Gasteiger partial charge >= 0.3 is 0 Å². The molecule has 0 aliphatic heterocycles. The summed E-state index contributed by atoms with van der Waals surface area (Å²) in [5.41, 5.74) is -1.57. The number of carbonyl (C=O) groups is 1. The van der Waals surface area contributed by atoms with Gasteiger partial charge in [0.25, 0.3) is 0 Å². The summed E-state index contributed by atoms with van der Waals surface area (Å²) >= 11 is 0. The summed E-state index contributed by atoms with van der Waals surface area (Å²) in [7, 11) is 0. The zero-order valence-electron chi connectivity index (χ0n) is 11.1. The standard InChI is InChI=1S/C12H25NO2/c1-10(2,3)8-9(14)13-11(4,5)12(6,7)15/h15H,8H2,1-7H3,(H,13,14). The minimum atomic E-state index is -0.930. The van der Waals surface area contributed by atoms with Crippen LogP contribution in [-0.4, -0.2) is 22.2 Å². The summed E-state index contributed by atoms with van der Waals surface area (Å²) in [6.07, 6.45) is 0.465. The summed E-state index contributed by atoms with van der Waals surface area (Å²) in [6.45, 7) is 13.1. The third-order valence-corrected chi connectivity index (χ3v) is 2.67. The van der Waals surface area contributed by atoms with Crippen molar-refractivity contribution in [1.29, 1.82) is 0 Å². The van der Waals surface area contributed by atoms with Crippen molar-refractivity contribution in [3.8, 4) is 0 Å². The quantitative estimate of drug-likeness (QED) is 0.757. The van der Waals surface area contributed by atoms with E-state index in [0.29, 0.717) is 6.42 Å². The van der Waals surface area contributed by atoms with Gasteiger partial charge in [-0.15, -0.1) is 0 Å². The minimum absolute atomic E-state index is 0.0189. The molecular weight excluding hydrogens is 190 g/mol. The first kappa shape index (κ1) is 14.4. The zero-order valence-corrected chi connectivity index (χ0v) is 11.1. The maximum Gasteiger partial charge on any atom is 0.221 e. The van der Waals surface area contributed by atoms with Crippen LogP contribution in [0.1, 0.15) is 54.9 Å². The van der Waals surface area contributed by atoms with Crippen LogP contribution >= 0.6 is 0 Å². The SMILES string of the molecule is CC(C)(C)CC(=O)NC(C)(C)C(C)(C)O. The fourth-order valence-electron chi connectivity index (χ4n) is 1.03. The number of aliphatic hydroxyl groups is 1. The second kappa shape index (κ2) is 4.12. The van der Waals surface area contributed by atoms with Gasteiger partial charge in [-0.2, -0.15) is 0 Å². The largest absolute Gasteiger partial charge is 0.388 e. The molecule has 0 unspecified atom stereocenters. The molecule has 0 aliphatic carbocycles. The van der Waals surface area contributed by atoms with Crippen LogP contribution in [0.5, 0.6) is 0 Å². The lowest BCUT2D eigenvalue weighted by molar-refractivity contribution is -0.127. The van der Waals surface area contributed by atoms with Gasteiger partial charge in [-0.25, -0.2) is 0 Å². The van der Waals surface area contributed by atoms with Gasteiger partial charge in [0.15, 0.2) is 0 Å². The number of hydrogen-bond acceptors (Lipinski definition) is 2. The summed E-state index contributed by atoms with van der Waals surface area (Å²) in [5.74, 6) is -0.0189. The molecule has 0 radical (unpaired) electrons. The fraction of sp³-hybridized carbons (Fsp3) is 0.917. The van der Waals surface area contributed by atoms with Crippen molar-refractivity contribution in [3.05, 3.63) is 0 Å². The molecule has 2 N–H and O–H groups in total. The van der Waals surface area contributed by atoms with Gasteiger partial charge in [-0.05, 0) is 33.1 Å². The fourth-order valence-corrected chi connectivity index (χ4v) is 1.03. The maximum atomic E-state index is 11.7. The van der Waals surface area contributed by atoms with E-state index in [1.165, 1.54) is 0 Å². The molecule has 0 saturated carbocycles. The lowest BCUT2D eigenvalue weighted by atomic mass is 9.85. The van der Waals surface area contributed by atoms with Crippen molar-refractivity contribution in [2.24, 2.45) is 5.41 Å². The van der Waals surface area contributed by atoms with E-state index in [1.807, 2.05) is 34.6 Å². The highest BCUT2D eigenvalue weighted by molar-refractivity contribution is 5.77. The zero-order chi connectivity index (χ0) is 12.5. The van der Waals surface area contributed by atoms with E-state index in [2.05, 4.69) is 5.32 Å². The van der Waals surface area contributed by atoms with Crippen LogP contribution in [0, 0.1) is 5.41 Å². The van der Waals surface area contributed by atoms with E-state index in [0.717, 1.165) is 0 Å². The Bertz CT molecular complexity index is 231. The third-order valence-electron chi connectivity index (χ3n) is 2.67. The Hall–Kier alpha value is -0.570. The molecule has 0 bridgehead atoms. The van der Waals surface area contributed by atoms with Crippen LogP contribution < -0.4 is 5.32 Å². The molecule has 0 heterocycles. The van der Waals surface area contributed by atoms with Crippen LogP contribution in [-0.2, 0) is 4.79 Å². The molecule has 15 heavy (non-hydrogen) atoms. The molecule has 90 valence electrons. The Balaban J connectivity index is 4.43. The third kappa shape index (κ3) is 5.17. The van der Waals surface area contributed by atoms with Crippen molar-refractivity contribution in [1.82, 2.24) is 5.32 Å². The number of carbonyl (C=O) groups excluding carboxylic acids is 1. The van der Waals surface area contributed by atoms with E-state index in [-0.39, 0.29) is 11.3 Å². The first-order valence-electron chi connectivity index (χ1n) is 5.38. The molecule has 0 fully saturated rings. The van der Waals surface area contributed by atoms with Crippen molar-refractivity contribution in [2.75, 3.05) is 0 Å². The van der Waals surface area contributed by atoms with Gasteiger partial charge in [-0.1, -0.05) is 20.8 Å². The highest BCUT2D eigenvalue weighted by atomic mass is 16.3. The molecule has 1 amide bonds. The molecule has 0 atom stereocenters. The average Bonchev–Trinajstić information content (AvgIpc) is 1.75. The van der Waals surface area contributed by atoms with E-state index in [1.54, 1.807) is 13.8 Å². The lowest BCUT2D eigenvalue weighted by Gasteiger charge is -2.38. The van der Waals surface area contributed by atoms with Crippen molar-refractivity contribution in [3.63, 3.8) is 0 Å². The van der Waals surface area contributed by atoms with Crippen LogP contribution in [0.4, 0.5) is 0 Å². The molecule has 0 aromatic heterocycles. The molecule has 3 heteroatoms. The van der Waals surface area contributed by atoms with Crippen LogP contribution in [0.25, 0.3) is 0 Å². The maximum absolute atomic E-state index is 11.7. The summed E-state index contributed by atoms with van der Waals surface area (Å²) in [5, 5.41) is 12.7. The van der Waals surface area contributed by atoms with E-state index < -0.39 is 11.1 Å². The van der Waals surface area contributed by atoms with Crippen molar-refractivity contribution >= 4 is 5.91 Å². The second-order valence-corrected chi connectivity index (χ2v) is 6.47. The summed E-state index contributed by atoms with van der Waals surface area (Å²) < 4.78 is 0. The highest BCUT2D eigenvalue weighted by Gasteiger charge is 2.36. The van der Waals surface area contributed by atoms with E-state index in [9.17, 15) is 9.90 Å². The first-order chi connectivity index (χ1) is 6.35. The predicted octanol–water partition coefficient (Wildman–Crippen LogP) is 2.09. The van der Waals surface area contributed by atoms with E-state index >= 15 is 0 Å². The van der Waals surface area contributed by atoms with Crippen LogP contribution in [0.15, 0.2) is 0 Å². The topological polar surface area (TPSA) is 49.3 Å². The summed E-state index contributed by atoms with van der Waals surface area (Å²) in [4.78, 5) is 11.7. The predicted molar refractivity (Wildman–Crippen MR) is 62.6 cm³/mol. The Morgan fingerprint density at radius 3 is 1.73 bits per heavy atom. The van der Waals surface area contributed by atoms with Gasteiger partial charge in [0.1, 0.15) is 0 Å². The van der Waals surface area contributed by atoms with Gasteiger partial charge in [-0.3, -0.25) is 4.79 Å². The highest BCUT2D eigenvalue weighted by Crippen LogP contribution is 2.23. The van der Waals surface area contributed by atoms with Crippen molar-refractivity contribution < 1.29 is 9.90 Å². The number of amides is 1. The smallest absolute Gasteiger partial charge is 0.221 e. The lowest BCUT2D eigenvalue weighted by Crippen LogP contribution is -2.58. The van der Waals surface area contributed by atoms with Gasteiger partial charge in [0.05, 0.1) is 11.1 Å². The molecule has 0 spiro atoms. The van der Waals surface area contributed by atoms with Gasteiger partial charge in [0, 0.05) is 6.42 Å². The molecule has 0 saturated heterocycles. The Kier molecular flexibility index (Phi) is 3.97. The molecule has 3 nitrogen and oxygen atoms in total. The number of nitrogens with one attached hydrogen (secondary N) is 1. The Morgan fingerprint density at radius 2 is 1.47 bits per heavy atom. The monoisotopic (exact) mass is 215 g/mol. The van der Waals surface area contributed by atoms with E-state index in [4.69, 9.17) is 0 Å². The number of hydrogen-bond donors (Lipinski definition) is 2. The average molecular weight is 215 g/mol. The Morgan fingerprint density at radius 1 is 1.07 bits per heavy atom. The van der Waals surface area contributed by atoms with Crippen LogP contribution in [0.3, 0.4) is 0 Å². The molecule has 0 aliphatic rings. The normalized spacial score (nSPS) is 13.9. The molecular formula is C12H25NO2. The molecule has 0 rings (SSSR count). The minimum Gasteiger partial charge on any atom is -0.388 e. The second-order valence-electron chi connectivity index (χ2n) is 6.47. The number of rotatable bonds is 3.